The van der Waals surface area contributed by atoms with Crippen LogP contribution in [0.25, 0.3) is 0 Å². The van der Waals surface area contributed by atoms with Crippen LogP contribution in [0.3, 0.4) is 0 Å². The number of benzene rings is 1. The molecule has 80 valence electrons. The predicted octanol–water partition coefficient (Wildman–Crippen LogP) is 3.50. The minimum Gasteiger partial charge on any atom is -0.300 e. The second kappa shape index (κ2) is 4.44. The van der Waals surface area contributed by atoms with Gasteiger partial charge in [0.2, 0.25) is 0 Å². The lowest BCUT2D eigenvalue weighted by molar-refractivity contribution is -0.117. The van der Waals surface area contributed by atoms with Gasteiger partial charge in [-0.2, -0.15) is 0 Å². The maximum absolute atomic E-state index is 13.0. The molecule has 1 aliphatic rings. The first kappa shape index (κ1) is 10.8. The smallest absolute Gasteiger partial charge is 0.137 e. The van der Waals surface area contributed by atoms with Crippen molar-refractivity contribution in [2.24, 2.45) is 5.92 Å². The number of hydrogen-bond acceptors (Lipinski definition) is 1. The summed E-state index contributed by atoms with van der Waals surface area (Å²) in [6.45, 7) is 0. The molecular weight excluding hydrogens is 259 g/mol. The van der Waals surface area contributed by atoms with E-state index in [2.05, 4.69) is 15.9 Å². The van der Waals surface area contributed by atoms with E-state index in [0.717, 1.165) is 18.4 Å². The molecule has 1 saturated carbocycles. The summed E-state index contributed by atoms with van der Waals surface area (Å²) in [7, 11) is 0. The van der Waals surface area contributed by atoms with Crippen molar-refractivity contribution in [3.8, 4) is 0 Å². The Labute approximate surface area is 96.8 Å². The lowest BCUT2D eigenvalue weighted by Crippen LogP contribution is -2.00. The Kier molecular flexibility index (Phi) is 3.19. The summed E-state index contributed by atoms with van der Waals surface area (Å²) < 4.78 is 13.5. The van der Waals surface area contributed by atoms with Crippen molar-refractivity contribution in [2.45, 2.75) is 25.7 Å². The minimum atomic E-state index is -0.235. The van der Waals surface area contributed by atoms with Gasteiger partial charge in [0.25, 0.3) is 0 Å². The predicted molar refractivity (Wildman–Crippen MR) is 60.2 cm³/mol. The summed E-state index contributed by atoms with van der Waals surface area (Å²) >= 11 is 3.17. The van der Waals surface area contributed by atoms with Gasteiger partial charge in [-0.1, -0.05) is 6.07 Å². The van der Waals surface area contributed by atoms with Crippen LogP contribution >= 0.6 is 15.9 Å². The van der Waals surface area contributed by atoms with Gasteiger partial charge >= 0.3 is 0 Å². The van der Waals surface area contributed by atoms with Crippen LogP contribution in [0.4, 0.5) is 4.39 Å². The number of halogens is 2. The molecule has 2 rings (SSSR count). The van der Waals surface area contributed by atoms with Crippen molar-refractivity contribution in [1.82, 2.24) is 0 Å². The van der Waals surface area contributed by atoms with Crippen LogP contribution < -0.4 is 0 Å². The van der Waals surface area contributed by atoms with Crippen LogP contribution in [0, 0.1) is 11.7 Å². The molecule has 1 aromatic carbocycles. The molecule has 1 atom stereocenters. The van der Waals surface area contributed by atoms with Gasteiger partial charge in [0, 0.05) is 12.8 Å². The second-order valence-corrected chi connectivity index (χ2v) is 4.95. The topological polar surface area (TPSA) is 17.1 Å². The molecule has 0 aromatic heterocycles. The third-order valence-corrected chi connectivity index (χ3v) is 3.46. The van der Waals surface area contributed by atoms with Gasteiger partial charge in [0.1, 0.15) is 11.6 Å². The van der Waals surface area contributed by atoms with Gasteiger partial charge in [0.05, 0.1) is 4.47 Å². The first-order valence-electron chi connectivity index (χ1n) is 5.11. The molecule has 0 N–H and O–H groups in total. The number of carbonyl (C=O) groups excluding carboxylic acids is 1. The SMILES string of the molecule is O=C1CCC(Cc2ccc(F)c(Br)c2)C1. The van der Waals surface area contributed by atoms with Crippen LogP contribution in [0.5, 0.6) is 0 Å². The van der Waals surface area contributed by atoms with E-state index < -0.39 is 0 Å². The van der Waals surface area contributed by atoms with E-state index >= 15 is 0 Å². The maximum Gasteiger partial charge on any atom is 0.137 e. The molecule has 0 heterocycles. The summed E-state index contributed by atoms with van der Waals surface area (Å²) in [6.07, 6.45) is 3.26. The Morgan fingerprint density at radius 3 is 2.87 bits per heavy atom. The van der Waals surface area contributed by atoms with Gasteiger partial charge in [-0.3, -0.25) is 4.79 Å². The van der Waals surface area contributed by atoms with Crippen molar-refractivity contribution in [3.63, 3.8) is 0 Å². The van der Waals surface area contributed by atoms with Crippen molar-refractivity contribution in [3.05, 3.63) is 34.1 Å². The number of carbonyl (C=O) groups is 1. The Bertz CT molecular complexity index is 389. The van der Waals surface area contributed by atoms with E-state index in [-0.39, 0.29) is 5.82 Å². The highest BCUT2D eigenvalue weighted by Gasteiger charge is 2.22. The first-order chi connectivity index (χ1) is 7.15. The highest BCUT2D eigenvalue weighted by molar-refractivity contribution is 9.10. The summed E-state index contributed by atoms with van der Waals surface area (Å²) in [5, 5.41) is 0. The third kappa shape index (κ3) is 2.65. The normalized spacial score (nSPS) is 20.9. The molecule has 1 aliphatic carbocycles. The van der Waals surface area contributed by atoms with E-state index in [1.54, 1.807) is 12.1 Å². The molecule has 0 bridgehead atoms. The Hall–Kier alpha value is -0.700. The average molecular weight is 271 g/mol. The van der Waals surface area contributed by atoms with Gasteiger partial charge in [-0.25, -0.2) is 4.39 Å². The fraction of sp³-hybridized carbons (Fsp3) is 0.417. The van der Waals surface area contributed by atoms with Gasteiger partial charge in [-0.05, 0) is 52.4 Å². The van der Waals surface area contributed by atoms with E-state index in [1.165, 1.54) is 6.07 Å². The van der Waals surface area contributed by atoms with Crippen LogP contribution in [0.2, 0.25) is 0 Å². The monoisotopic (exact) mass is 270 g/mol. The van der Waals surface area contributed by atoms with Gasteiger partial charge < -0.3 is 0 Å². The van der Waals surface area contributed by atoms with E-state index in [4.69, 9.17) is 0 Å². The van der Waals surface area contributed by atoms with E-state index in [0.29, 0.717) is 29.0 Å². The number of Topliss-reactive ketones (excluding diaryl/α,β-unsaturated/α-hetero) is 1. The molecular formula is C12H12BrFO. The maximum atomic E-state index is 13.0. The molecule has 0 aliphatic heterocycles. The zero-order valence-electron chi connectivity index (χ0n) is 8.30. The molecule has 1 unspecified atom stereocenters. The standard InChI is InChI=1S/C12H12BrFO/c13-11-7-9(2-4-12(11)14)5-8-1-3-10(15)6-8/h2,4,7-8H,1,3,5-6H2. The number of ketones is 1. The molecule has 1 fully saturated rings. The molecule has 15 heavy (non-hydrogen) atoms. The van der Waals surface area contributed by atoms with Crippen LogP contribution in [0.15, 0.2) is 22.7 Å². The molecule has 0 radical (unpaired) electrons. The Morgan fingerprint density at radius 1 is 1.47 bits per heavy atom. The second-order valence-electron chi connectivity index (χ2n) is 4.10. The Morgan fingerprint density at radius 2 is 2.27 bits per heavy atom. The number of hydrogen-bond donors (Lipinski definition) is 0. The zero-order valence-corrected chi connectivity index (χ0v) is 9.89. The van der Waals surface area contributed by atoms with Crippen LogP contribution in [0.1, 0.15) is 24.8 Å². The van der Waals surface area contributed by atoms with Crippen LogP contribution in [-0.4, -0.2) is 5.78 Å². The molecule has 1 nitrogen and oxygen atoms in total. The van der Waals surface area contributed by atoms with Crippen molar-refractivity contribution in [1.29, 1.82) is 0 Å². The fourth-order valence-electron chi connectivity index (χ4n) is 2.07. The summed E-state index contributed by atoms with van der Waals surface area (Å²) in [4.78, 5) is 11.1. The lowest BCUT2D eigenvalue weighted by Gasteiger charge is -2.08. The number of rotatable bonds is 2. The molecule has 3 heteroatoms. The zero-order chi connectivity index (χ0) is 10.8. The van der Waals surface area contributed by atoms with Crippen molar-refractivity contribution in [2.75, 3.05) is 0 Å². The highest BCUT2D eigenvalue weighted by Crippen LogP contribution is 2.27. The molecule has 0 amide bonds. The van der Waals surface area contributed by atoms with E-state index in [1.807, 2.05) is 0 Å². The summed E-state index contributed by atoms with van der Waals surface area (Å²) in [5.74, 6) is 0.581. The first-order valence-corrected chi connectivity index (χ1v) is 5.90. The van der Waals surface area contributed by atoms with E-state index in [9.17, 15) is 9.18 Å². The highest BCUT2D eigenvalue weighted by atomic mass is 79.9. The molecule has 0 spiro atoms. The van der Waals surface area contributed by atoms with Crippen molar-refractivity contribution >= 4 is 21.7 Å². The third-order valence-electron chi connectivity index (χ3n) is 2.86. The van der Waals surface area contributed by atoms with Gasteiger partial charge in [0.15, 0.2) is 0 Å². The summed E-state index contributed by atoms with van der Waals surface area (Å²) in [6, 6.07) is 5.07. The minimum absolute atomic E-state index is 0.235. The van der Waals surface area contributed by atoms with Gasteiger partial charge in [-0.15, -0.1) is 0 Å². The summed E-state index contributed by atoms with van der Waals surface area (Å²) in [5.41, 5.74) is 1.10. The fourth-order valence-corrected chi connectivity index (χ4v) is 2.49. The Balaban J connectivity index is 2.05. The van der Waals surface area contributed by atoms with Crippen LogP contribution in [-0.2, 0) is 11.2 Å². The lowest BCUT2D eigenvalue weighted by atomic mass is 9.98. The average Bonchev–Trinajstić information content (AvgIpc) is 2.58. The quantitative estimate of drug-likeness (QED) is 0.804. The molecule has 0 saturated heterocycles. The largest absolute Gasteiger partial charge is 0.300 e. The molecule has 1 aromatic rings. The van der Waals surface area contributed by atoms with Crippen molar-refractivity contribution < 1.29 is 9.18 Å².